The zero-order valence-electron chi connectivity index (χ0n) is 13.4. The van der Waals surface area contributed by atoms with Crippen LogP contribution >= 0.6 is 0 Å². The van der Waals surface area contributed by atoms with Gasteiger partial charge in [-0.1, -0.05) is 60.7 Å². The Kier molecular flexibility index (Phi) is 3.58. The Morgan fingerprint density at radius 3 is 2.40 bits per heavy atom. The Labute approximate surface area is 144 Å². The van der Waals surface area contributed by atoms with Crippen molar-refractivity contribution in [1.29, 1.82) is 0 Å². The number of hydrogen-bond donors (Lipinski definition) is 1. The fourth-order valence-corrected chi connectivity index (χ4v) is 3.29. The minimum Gasteiger partial charge on any atom is -0.457 e. The van der Waals surface area contributed by atoms with Crippen molar-refractivity contribution < 1.29 is 14.3 Å². The van der Waals surface area contributed by atoms with Crippen molar-refractivity contribution in [2.24, 2.45) is 5.73 Å². The van der Waals surface area contributed by atoms with Gasteiger partial charge < -0.3 is 10.5 Å². The maximum absolute atomic E-state index is 12.5. The molecule has 1 aliphatic heterocycles. The number of carbonyl (C=O) groups excluding carboxylic acids is 2. The molecule has 4 heteroatoms. The van der Waals surface area contributed by atoms with Crippen LogP contribution in [0.5, 0.6) is 0 Å². The average Bonchev–Trinajstić information content (AvgIpc) is 3.02. The second-order valence-corrected chi connectivity index (χ2v) is 5.87. The minimum atomic E-state index is -0.528. The number of primary amides is 1. The van der Waals surface area contributed by atoms with Crippen LogP contribution in [-0.4, -0.2) is 18.5 Å². The number of fused-ring (bicyclic) bond motifs is 1. The van der Waals surface area contributed by atoms with E-state index in [0.29, 0.717) is 22.3 Å². The Morgan fingerprint density at radius 1 is 0.880 bits per heavy atom. The SMILES string of the molecule is NC(=O)c1ccccc1C1=C(c2cccc3ccccc23)C(=O)OC1. The van der Waals surface area contributed by atoms with E-state index in [9.17, 15) is 9.59 Å². The molecule has 3 aromatic carbocycles. The van der Waals surface area contributed by atoms with E-state index in [2.05, 4.69) is 0 Å². The summed E-state index contributed by atoms with van der Waals surface area (Å²) >= 11 is 0. The van der Waals surface area contributed by atoms with Crippen molar-refractivity contribution in [2.75, 3.05) is 6.61 Å². The van der Waals surface area contributed by atoms with Gasteiger partial charge in [-0.3, -0.25) is 4.79 Å². The van der Waals surface area contributed by atoms with Crippen LogP contribution in [0.2, 0.25) is 0 Å². The summed E-state index contributed by atoms with van der Waals surface area (Å²) in [5.74, 6) is -0.912. The number of ether oxygens (including phenoxy) is 1. The maximum atomic E-state index is 12.5. The molecule has 1 amide bonds. The van der Waals surface area contributed by atoms with Crippen LogP contribution in [-0.2, 0) is 9.53 Å². The van der Waals surface area contributed by atoms with Gasteiger partial charge in [0.05, 0.1) is 5.57 Å². The summed E-state index contributed by atoms with van der Waals surface area (Å²) < 4.78 is 5.31. The van der Waals surface area contributed by atoms with E-state index >= 15 is 0 Å². The number of benzene rings is 3. The zero-order chi connectivity index (χ0) is 17.4. The van der Waals surface area contributed by atoms with Crippen molar-refractivity contribution in [3.05, 3.63) is 83.4 Å². The lowest BCUT2D eigenvalue weighted by Gasteiger charge is -2.10. The van der Waals surface area contributed by atoms with Crippen molar-refractivity contribution in [2.45, 2.75) is 0 Å². The summed E-state index contributed by atoms with van der Waals surface area (Å²) in [6.07, 6.45) is 0. The van der Waals surface area contributed by atoms with E-state index in [0.717, 1.165) is 16.3 Å². The van der Waals surface area contributed by atoms with E-state index < -0.39 is 5.91 Å². The van der Waals surface area contributed by atoms with Gasteiger partial charge >= 0.3 is 5.97 Å². The first-order valence-corrected chi connectivity index (χ1v) is 7.94. The largest absolute Gasteiger partial charge is 0.457 e. The third-order valence-corrected chi connectivity index (χ3v) is 4.43. The molecule has 0 aromatic heterocycles. The van der Waals surface area contributed by atoms with Gasteiger partial charge in [-0.05, 0) is 28.0 Å². The van der Waals surface area contributed by atoms with Crippen LogP contribution in [0, 0.1) is 0 Å². The van der Waals surface area contributed by atoms with Crippen LogP contribution in [0.3, 0.4) is 0 Å². The van der Waals surface area contributed by atoms with Gasteiger partial charge in [0.15, 0.2) is 0 Å². The van der Waals surface area contributed by atoms with Crippen molar-refractivity contribution in [1.82, 2.24) is 0 Å². The normalized spacial score (nSPS) is 14.0. The number of amides is 1. The number of cyclic esters (lactones) is 1. The first-order chi connectivity index (χ1) is 12.2. The Morgan fingerprint density at radius 2 is 1.56 bits per heavy atom. The molecule has 0 spiro atoms. The molecule has 0 atom stereocenters. The topological polar surface area (TPSA) is 69.4 Å². The fraction of sp³-hybridized carbons (Fsp3) is 0.0476. The monoisotopic (exact) mass is 329 g/mol. The highest BCUT2D eigenvalue weighted by atomic mass is 16.5. The summed E-state index contributed by atoms with van der Waals surface area (Å²) in [6.45, 7) is 0.127. The summed E-state index contributed by atoms with van der Waals surface area (Å²) in [7, 11) is 0. The minimum absolute atomic E-state index is 0.127. The van der Waals surface area contributed by atoms with Crippen molar-refractivity contribution >= 4 is 33.8 Å². The molecule has 0 bridgehead atoms. The zero-order valence-corrected chi connectivity index (χ0v) is 13.4. The van der Waals surface area contributed by atoms with E-state index in [1.165, 1.54) is 0 Å². The summed E-state index contributed by atoms with van der Waals surface area (Å²) in [5.41, 5.74) is 8.51. The highest BCUT2D eigenvalue weighted by molar-refractivity contribution is 6.30. The first-order valence-electron chi connectivity index (χ1n) is 7.94. The lowest BCUT2D eigenvalue weighted by Crippen LogP contribution is -2.13. The van der Waals surface area contributed by atoms with E-state index in [1.807, 2.05) is 48.5 Å². The molecule has 4 rings (SSSR count). The molecule has 0 radical (unpaired) electrons. The number of esters is 1. The van der Waals surface area contributed by atoms with E-state index in [4.69, 9.17) is 10.5 Å². The summed E-state index contributed by atoms with van der Waals surface area (Å²) in [6, 6.07) is 20.7. The third-order valence-electron chi connectivity index (χ3n) is 4.43. The molecule has 1 aliphatic rings. The third kappa shape index (κ3) is 2.48. The molecular formula is C21H15NO3. The number of rotatable bonds is 3. The van der Waals surface area contributed by atoms with E-state index in [-0.39, 0.29) is 12.6 Å². The second-order valence-electron chi connectivity index (χ2n) is 5.87. The molecule has 4 nitrogen and oxygen atoms in total. The molecule has 1 heterocycles. The molecular weight excluding hydrogens is 314 g/mol. The molecule has 0 aliphatic carbocycles. The molecule has 0 unspecified atom stereocenters. The van der Waals surface area contributed by atoms with Gasteiger partial charge in [0, 0.05) is 11.1 Å². The van der Waals surface area contributed by atoms with Crippen LogP contribution < -0.4 is 5.73 Å². The molecule has 2 N–H and O–H groups in total. The molecule has 3 aromatic rings. The average molecular weight is 329 g/mol. The number of hydrogen-bond acceptors (Lipinski definition) is 3. The maximum Gasteiger partial charge on any atom is 0.339 e. The quantitative estimate of drug-likeness (QED) is 0.749. The van der Waals surface area contributed by atoms with Gasteiger partial charge in [-0.25, -0.2) is 4.79 Å². The predicted octanol–water partition coefficient (Wildman–Crippen LogP) is 3.41. The van der Waals surface area contributed by atoms with Gasteiger partial charge in [0.1, 0.15) is 6.61 Å². The summed E-state index contributed by atoms with van der Waals surface area (Å²) in [5, 5.41) is 2.00. The van der Waals surface area contributed by atoms with Crippen molar-refractivity contribution in [3.8, 4) is 0 Å². The number of carbonyl (C=O) groups is 2. The van der Waals surface area contributed by atoms with Gasteiger partial charge in [0.25, 0.3) is 0 Å². The highest BCUT2D eigenvalue weighted by Gasteiger charge is 2.29. The summed E-state index contributed by atoms with van der Waals surface area (Å²) in [4.78, 5) is 24.3. The first kappa shape index (κ1) is 15.1. The highest BCUT2D eigenvalue weighted by Crippen LogP contribution is 2.37. The smallest absolute Gasteiger partial charge is 0.339 e. The molecule has 122 valence electrons. The Hall–Kier alpha value is -3.40. The number of nitrogens with two attached hydrogens (primary N) is 1. The lowest BCUT2D eigenvalue weighted by molar-refractivity contribution is -0.133. The Bertz CT molecular complexity index is 1040. The molecule has 0 fully saturated rings. The van der Waals surface area contributed by atoms with Crippen molar-refractivity contribution in [3.63, 3.8) is 0 Å². The molecule has 25 heavy (non-hydrogen) atoms. The van der Waals surface area contributed by atoms with Crippen LogP contribution in [0.25, 0.3) is 21.9 Å². The second kappa shape index (κ2) is 5.91. The Balaban J connectivity index is 2.02. The molecule has 0 saturated heterocycles. The standard InChI is InChI=1S/C21H15NO3/c22-20(23)17-10-4-3-9-15(17)18-12-25-21(24)19(18)16-11-5-7-13-6-1-2-8-14(13)16/h1-11H,12H2,(H2,22,23). The van der Waals surface area contributed by atoms with Crippen LogP contribution in [0.4, 0.5) is 0 Å². The van der Waals surface area contributed by atoms with E-state index in [1.54, 1.807) is 18.2 Å². The predicted molar refractivity (Wildman–Crippen MR) is 96.7 cm³/mol. The van der Waals surface area contributed by atoms with Gasteiger partial charge in [-0.15, -0.1) is 0 Å². The lowest BCUT2D eigenvalue weighted by atomic mass is 9.91. The fourth-order valence-electron chi connectivity index (χ4n) is 3.29. The van der Waals surface area contributed by atoms with Gasteiger partial charge in [0.2, 0.25) is 5.91 Å². The van der Waals surface area contributed by atoms with Crippen LogP contribution in [0.15, 0.2) is 66.7 Å². The molecule has 0 saturated carbocycles. The van der Waals surface area contributed by atoms with Gasteiger partial charge in [-0.2, -0.15) is 0 Å². The van der Waals surface area contributed by atoms with Crippen LogP contribution in [0.1, 0.15) is 21.5 Å².